The zero-order chi connectivity index (χ0) is 22.4. The van der Waals surface area contributed by atoms with E-state index in [1.165, 1.54) is 57.4 Å². The summed E-state index contributed by atoms with van der Waals surface area (Å²) in [6.07, 6.45) is 4.63. The van der Waals surface area contributed by atoms with Crippen LogP contribution in [0.1, 0.15) is 52.9 Å². The van der Waals surface area contributed by atoms with Gasteiger partial charge in [-0.05, 0) is 49.3 Å². The number of hydrogen-bond acceptors (Lipinski definition) is 6. The van der Waals surface area contributed by atoms with Gasteiger partial charge in [-0.25, -0.2) is 4.79 Å². The van der Waals surface area contributed by atoms with E-state index in [0.29, 0.717) is 11.5 Å². The number of nitrogens with one attached hydrogen (secondary N) is 1. The Kier molecular flexibility index (Phi) is 7.39. The molecular formula is C24H29NO6. The number of amides is 1. The predicted molar refractivity (Wildman–Crippen MR) is 116 cm³/mol. The Hall–Kier alpha value is -3.22. The Morgan fingerprint density at radius 1 is 0.903 bits per heavy atom. The first-order chi connectivity index (χ1) is 15.0. The minimum Gasteiger partial charge on any atom is -0.496 e. The monoisotopic (exact) mass is 427 g/mol. The average Bonchev–Trinajstić information content (AvgIpc) is 2.81. The molecule has 0 aliphatic heterocycles. The van der Waals surface area contributed by atoms with Crippen molar-refractivity contribution in [2.45, 2.75) is 38.6 Å². The fraction of sp³-hybridized carbons (Fsp3) is 0.417. The summed E-state index contributed by atoms with van der Waals surface area (Å²) in [6.45, 7) is 1.52. The summed E-state index contributed by atoms with van der Waals surface area (Å²) in [5.41, 5.74) is 3.95. The molecule has 0 unspecified atom stereocenters. The second-order valence-electron chi connectivity index (χ2n) is 7.51. The summed E-state index contributed by atoms with van der Waals surface area (Å²) < 4.78 is 20.9. The number of ether oxygens (including phenoxy) is 4. The van der Waals surface area contributed by atoms with E-state index in [1.807, 2.05) is 6.92 Å². The molecule has 0 bridgehead atoms. The van der Waals surface area contributed by atoms with Crippen LogP contribution in [-0.2, 0) is 22.4 Å². The van der Waals surface area contributed by atoms with Crippen LogP contribution < -0.4 is 19.5 Å². The van der Waals surface area contributed by atoms with Crippen LogP contribution in [-0.4, -0.2) is 39.8 Å². The van der Waals surface area contributed by atoms with Gasteiger partial charge >= 0.3 is 5.97 Å². The number of methoxy groups -OCH3 is 3. The van der Waals surface area contributed by atoms with Crippen molar-refractivity contribution in [3.63, 3.8) is 0 Å². The van der Waals surface area contributed by atoms with Crippen LogP contribution in [0.15, 0.2) is 30.3 Å². The first kappa shape index (κ1) is 22.5. The molecule has 0 saturated heterocycles. The van der Waals surface area contributed by atoms with Crippen LogP contribution in [0, 0.1) is 0 Å². The number of fused-ring (bicyclic) bond motifs is 1. The minimum absolute atomic E-state index is 0.149. The highest BCUT2D eigenvalue weighted by Gasteiger charge is 2.21. The molecule has 7 nitrogen and oxygen atoms in total. The Labute approximate surface area is 182 Å². The van der Waals surface area contributed by atoms with Crippen molar-refractivity contribution in [1.29, 1.82) is 0 Å². The van der Waals surface area contributed by atoms with Crippen LogP contribution in [0.25, 0.3) is 0 Å². The first-order valence-corrected chi connectivity index (χ1v) is 10.3. The Morgan fingerprint density at radius 2 is 1.55 bits per heavy atom. The lowest BCUT2D eigenvalue weighted by molar-refractivity contribution is -0.124. The average molecular weight is 427 g/mol. The normalized spacial score (nSPS) is 13.5. The van der Waals surface area contributed by atoms with Crippen molar-refractivity contribution < 1.29 is 28.5 Å². The number of rotatable bonds is 8. The molecule has 0 spiro atoms. The molecule has 1 amide bonds. The first-order valence-electron chi connectivity index (χ1n) is 10.3. The van der Waals surface area contributed by atoms with E-state index in [1.54, 1.807) is 0 Å². The Morgan fingerprint density at radius 3 is 2.23 bits per heavy atom. The van der Waals surface area contributed by atoms with Gasteiger partial charge in [-0.2, -0.15) is 0 Å². The van der Waals surface area contributed by atoms with Gasteiger partial charge in [-0.3, -0.25) is 4.79 Å². The molecule has 2 aromatic carbocycles. The molecule has 0 fully saturated rings. The molecule has 1 aliphatic rings. The highest BCUT2D eigenvalue weighted by atomic mass is 16.5. The SMILES string of the molecule is COc1cc(OC)c(C(=O)OCC(=O)N[C@@H](C)c2ccc3c(c2)CCCC3)cc1OC. The van der Waals surface area contributed by atoms with Crippen LogP contribution in [0.5, 0.6) is 17.2 Å². The maximum absolute atomic E-state index is 12.5. The molecule has 0 radical (unpaired) electrons. The van der Waals surface area contributed by atoms with Crippen LogP contribution >= 0.6 is 0 Å². The maximum atomic E-state index is 12.5. The van der Waals surface area contributed by atoms with Crippen molar-refractivity contribution in [3.05, 3.63) is 52.6 Å². The van der Waals surface area contributed by atoms with Gasteiger partial charge in [0.2, 0.25) is 0 Å². The van der Waals surface area contributed by atoms with Gasteiger partial charge in [0, 0.05) is 12.1 Å². The molecule has 2 aromatic rings. The molecule has 1 aliphatic carbocycles. The van der Waals surface area contributed by atoms with E-state index >= 15 is 0 Å². The van der Waals surface area contributed by atoms with Crippen molar-refractivity contribution in [1.82, 2.24) is 5.32 Å². The summed E-state index contributed by atoms with van der Waals surface area (Å²) >= 11 is 0. The third-order valence-electron chi connectivity index (χ3n) is 5.51. The molecule has 3 rings (SSSR count). The van der Waals surface area contributed by atoms with E-state index in [0.717, 1.165) is 18.4 Å². The molecule has 0 aromatic heterocycles. The highest BCUT2D eigenvalue weighted by molar-refractivity contribution is 5.95. The van der Waals surface area contributed by atoms with Gasteiger partial charge in [0.25, 0.3) is 5.91 Å². The number of carbonyl (C=O) groups excluding carboxylic acids is 2. The minimum atomic E-state index is -0.686. The molecule has 1 atom stereocenters. The summed E-state index contributed by atoms with van der Waals surface area (Å²) in [4.78, 5) is 24.9. The molecule has 1 N–H and O–H groups in total. The Bertz CT molecular complexity index is 955. The summed E-state index contributed by atoms with van der Waals surface area (Å²) in [7, 11) is 4.39. The van der Waals surface area contributed by atoms with Crippen molar-refractivity contribution in [2.24, 2.45) is 0 Å². The largest absolute Gasteiger partial charge is 0.496 e. The summed E-state index contributed by atoms with van der Waals surface area (Å²) in [5, 5.41) is 2.89. The second kappa shape index (κ2) is 10.2. The van der Waals surface area contributed by atoms with Crippen LogP contribution in [0.2, 0.25) is 0 Å². The van der Waals surface area contributed by atoms with E-state index in [9.17, 15) is 9.59 Å². The van der Waals surface area contributed by atoms with Gasteiger partial charge in [-0.15, -0.1) is 0 Å². The van der Waals surface area contributed by atoms with Gasteiger partial charge in [0.05, 0.1) is 27.4 Å². The number of esters is 1. The smallest absolute Gasteiger partial charge is 0.342 e. The van der Waals surface area contributed by atoms with Gasteiger partial charge in [0.1, 0.15) is 11.3 Å². The third-order valence-corrected chi connectivity index (χ3v) is 5.51. The topological polar surface area (TPSA) is 83.1 Å². The quantitative estimate of drug-likeness (QED) is 0.648. The molecular weight excluding hydrogens is 398 g/mol. The fourth-order valence-electron chi connectivity index (χ4n) is 3.79. The van der Waals surface area contributed by atoms with Crippen LogP contribution in [0.4, 0.5) is 0 Å². The number of hydrogen-bond donors (Lipinski definition) is 1. The van der Waals surface area contributed by atoms with Crippen molar-refractivity contribution in [3.8, 4) is 17.2 Å². The molecule has 7 heteroatoms. The lowest BCUT2D eigenvalue weighted by Crippen LogP contribution is -2.31. The standard InChI is InChI=1S/C24H29NO6/c1-15(17-10-9-16-7-5-6-8-18(16)11-17)25-23(26)14-31-24(27)19-12-21(29-3)22(30-4)13-20(19)28-2/h9-13,15H,5-8,14H2,1-4H3,(H,25,26)/t15-/m0/s1. The third kappa shape index (κ3) is 5.29. The van der Waals surface area contributed by atoms with Crippen molar-refractivity contribution in [2.75, 3.05) is 27.9 Å². The van der Waals surface area contributed by atoms with Gasteiger partial charge in [-0.1, -0.05) is 18.2 Å². The molecule has 0 saturated carbocycles. The number of benzene rings is 2. The summed E-state index contributed by atoms with van der Waals surface area (Å²) in [6, 6.07) is 9.18. The molecule has 0 heterocycles. The van der Waals surface area contributed by atoms with E-state index in [-0.39, 0.29) is 23.3 Å². The van der Waals surface area contributed by atoms with E-state index < -0.39 is 12.6 Å². The van der Waals surface area contributed by atoms with Crippen molar-refractivity contribution >= 4 is 11.9 Å². The van der Waals surface area contributed by atoms with E-state index in [2.05, 4.69) is 23.5 Å². The van der Waals surface area contributed by atoms with E-state index in [4.69, 9.17) is 18.9 Å². The molecule has 166 valence electrons. The zero-order valence-corrected chi connectivity index (χ0v) is 18.4. The number of aryl methyl sites for hydroxylation is 2. The number of carbonyl (C=O) groups is 2. The van der Waals surface area contributed by atoms with Crippen LogP contribution in [0.3, 0.4) is 0 Å². The highest BCUT2D eigenvalue weighted by Crippen LogP contribution is 2.35. The molecule has 31 heavy (non-hydrogen) atoms. The fourth-order valence-corrected chi connectivity index (χ4v) is 3.79. The second-order valence-corrected chi connectivity index (χ2v) is 7.51. The lowest BCUT2D eigenvalue weighted by atomic mass is 9.89. The zero-order valence-electron chi connectivity index (χ0n) is 18.4. The summed E-state index contributed by atoms with van der Waals surface area (Å²) in [5.74, 6) is -0.00821. The van der Waals surface area contributed by atoms with Gasteiger partial charge < -0.3 is 24.3 Å². The maximum Gasteiger partial charge on any atom is 0.342 e. The Balaban J connectivity index is 1.61. The van der Waals surface area contributed by atoms with Gasteiger partial charge in [0.15, 0.2) is 18.1 Å². The predicted octanol–water partition coefficient (Wildman–Crippen LogP) is 3.63. The lowest BCUT2D eigenvalue weighted by Gasteiger charge is -2.20.